The molecule has 5 rings (SSSR count). The van der Waals surface area contributed by atoms with E-state index in [2.05, 4.69) is 19.6 Å². The lowest BCUT2D eigenvalue weighted by atomic mass is 9.72. The topological polar surface area (TPSA) is 113 Å². The molecule has 0 saturated carbocycles. The Bertz CT molecular complexity index is 1190. The zero-order valence-electron chi connectivity index (χ0n) is 18.5. The van der Waals surface area contributed by atoms with Crippen LogP contribution in [0.1, 0.15) is 55.6 Å². The molecule has 0 amide bonds. The summed E-state index contributed by atoms with van der Waals surface area (Å²) in [7, 11) is -1.78. The van der Waals surface area contributed by atoms with Crippen molar-refractivity contribution >= 4 is 35.5 Å². The molecule has 1 aromatic carbocycles. The van der Waals surface area contributed by atoms with Gasteiger partial charge in [0, 0.05) is 23.1 Å². The summed E-state index contributed by atoms with van der Waals surface area (Å²) in [5, 5.41) is 33.6. The third-order valence-electron chi connectivity index (χ3n) is 6.98. The van der Waals surface area contributed by atoms with Crippen LogP contribution in [0.2, 0.25) is 19.6 Å². The minimum Gasteiger partial charge on any atom is -0.507 e. The number of ketones is 2. The van der Waals surface area contributed by atoms with Crippen molar-refractivity contribution in [1.29, 1.82) is 0 Å². The molecule has 1 aromatic heterocycles. The maximum absolute atomic E-state index is 13.4. The number of hydrogen-bond donors (Lipinski definition) is 3. The van der Waals surface area contributed by atoms with Crippen molar-refractivity contribution in [3.63, 3.8) is 0 Å². The zero-order valence-corrected chi connectivity index (χ0v) is 20.3. The SMILES string of the molecule is CC1(C2(O)CCc3c(O)c4c(c(O)c3C2)C(=O)c2cc([Si](C)(C)C)sc2C4=O)OCCO1. The van der Waals surface area contributed by atoms with Crippen LogP contribution >= 0.6 is 11.3 Å². The van der Waals surface area contributed by atoms with E-state index in [9.17, 15) is 24.9 Å². The monoisotopic (exact) mass is 474 g/mol. The fourth-order valence-electron chi connectivity index (χ4n) is 4.96. The molecule has 2 heterocycles. The Morgan fingerprint density at radius 2 is 1.59 bits per heavy atom. The number of benzene rings is 1. The van der Waals surface area contributed by atoms with E-state index < -0.39 is 31.0 Å². The first-order chi connectivity index (χ1) is 14.9. The highest BCUT2D eigenvalue weighted by atomic mass is 32.1. The minimum absolute atomic E-state index is 0.0658. The second kappa shape index (κ2) is 6.74. The van der Waals surface area contributed by atoms with Crippen molar-refractivity contribution in [3.8, 4) is 11.5 Å². The normalized spacial score (nSPS) is 24.3. The van der Waals surface area contributed by atoms with Gasteiger partial charge in [0.1, 0.15) is 17.1 Å². The molecule has 1 aliphatic heterocycles. The Morgan fingerprint density at radius 3 is 2.22 bits per heavy atom. The number of aromatic hydroxyl groups is 2. The molecule has 0 radical (unpaired) electrons. The Kier molecular flexibility index (Phi) is 4.59. The van der Waals surface area contributed by atoms with Gasteiger partial charge in [-0.3, -0.25) is 9.59 Å². The number of fused-ring (bicyclic) bond motifs is 3. The molecule has 9 heteroatoms. The maximum atomic E-state index is 13.4. The van der Waals surface area contributed by atoms with E-state index in [0.717, 1.165) is 4.50 Å². The zero-order chi connectivity index (χ0) is 23.2. The van der Waals surface area contributed by atoms with Gasteiger partial charge in [-0.1, -0.05) is 19.6 Å². The highest BCUT2D eigenvalue weighted by molar-refractivity contribution is 7.28. The van der Waals surface area contributed by atoms with E-state index in [1.54, 1.807) is 13.0 Å². The number of thiophene rings is 1. The van der Waals surface area contributed by atoms with Crippen molar-refractivity contribution in [2.75, 3.05) is 13.2 Å². The Hall–Kier alpha value is -2.04. The van der Waals surface area contributed by atoms with Gasteiger partial charge >= 0.3 is 0 Å². The van der Waals surface area contributed by atoms with E-state index in [-0.39, 0.29) is 53.0 Å². The number of carbonyl (C=O) groups is 2. The number of ether oxygens (including phenoxy) is 2. The Balaban J connectivity index is 1.67. The Labute approximate surface area is 190 Å². The van der Waals surface area contributed by atoms with Crippen LogP contribution in [0.4, 0.5) is 0 Å². The van der Waals surface area contributed by atoms with Crippen molar-refractivity contribution in [2.45, 2.75) is 57.2 Å². The van der Waals surface area contributed by atoms with Crippen LogP contribution in [0.5, 0.6) is 11.5 Å². The predicted octanol–water partition coefficient (Wildman–Crippen LogP) is 2.46. The molecule has 3 aliphatic rings. The van der Waals surface area contributed by atoms with Crippen molar-refractivity contribution < 1.29 is 34.4 Å². The minimum atomic E-state index is -1.78. The third-order valence-corrected chi connectivity index (χ3v) is 11.7. The van der Waals surface area contributed by atoms with Gasteiger partial charge in [-0.25, -0.2) is 0 Å². The molecule has 7 nitrogen and oxygen atoms in total. The average molecular weight is 475 g/mol. The Morgan fingerprint density at radius 1 is 1.00 bits per heavy atom. The molecule has 1 saturated heterocycles. The summed E-state index contributed by atoms with van der Waals surface area (Å²) >= 11 is 1.31. The van der Waals surface area contributed by atoms with Gasteiger partial charge in [0.05, 0.1) is 37.3 Å². The second-order valence-electron chi connectivity index (χ2n) is 10.0. The van der Waals surface area contributed by atoms with Crippen molar-refractivity contribution in [2.24, 2.45) is 0 Å². The molecule has 1 fully saturated rings. The van der Waals surface area contributed by atoms with Crippen LogP contribution in [0.25, 0.3) is 0 Å². The van der Waals surface area contributed by atoms with Gasteiger partial charge < -0.3 is 24.8 Å². The second-order valence-corrected chi connectivity index (χ2v) is 16.5. The van der Waals surface area contributed by atoms with Crippen LogP contribution in [-0.2, 0) is 22.3 Å². The molecular formula is C23H26O7SSi. The average Bonchev–Trinajstić information content (AvgIpc) is 3.37. The summed E-state index contributed by atoms with van der Waals surface area (Å²) < 4.78 is 12.3. The summed E-state index contributed by atoms with van der Waals surface area (Å²) in [6.07, 6.45) is 0.359. The van der Waals surface area contributed by atoms with Crippen LogP contribution < -0.4 is 4.50 Å². The van der Waals surface area contributed by atoms with Gasteiger partial charge in [0.25, 0.3) is 0 Å². The summed E-state index contributed by atoms with van der Waals surface area (Å²) in [5.74, 6) is -2.79. The molecule has 1 unspecified atom stereocenters. The van der Waals surface area contributed by atoms with E-state index in [1.807, 2.05) is 0 Å². The summed E-state index contributed by atoms with van der Waals surface area (Å²) in [4.78, 5) is 27.1. The number of phenols is 2. The lowest BCUT2D eigenvalue weighted by Gasteiger charge is -2.44. The summed E-state index contributed by atoms with van der Waals surface area (Å²) in [6, 6.07) is 1.77. The fourth-order valence-corrected chi connectivity index (χ4v) is 7.92. The largest absolute Gasteiger partial charge is 0.507 e. The van der Waals surface area contributed by atoms with Crippen LogP contribution in [0.15, 0.2) is 6.07 Å². The van der Waals surface area contributed by atoms with Crippen LogP contribution in [-0.4, -0.2) is 59.6 Å². The van der Waals surface area contributed by atoms with Crippen molar-refractivity contribution in [3.05, 3.63) is 38.8 Å². The summed E-state index contributed by atoms with van der Waals surface area (Å²) in [6.45, 7) is 8.75. The van der Waals surface area contributed by atoms with Crippen LogP contribution in [0, 0.1) is 0 Å². The highest BCUT2D eigenvalue weighted by Crippen LogP contribution is 2.50. The van der Waals surface area contributed by atoms with Crippen molar-refractivity contribution in [1.82, 2.24) is 0 Å². The molecule has 2 aliphatic carbocycles. The predicted molar refractivity (Wildman–Crippen MR) is 121 cm³/mol. The van der Waals surface area contributed by atoms with E-state index in [0.29, 0.717) is 23.7 Å². The molecule has 0 bridgehead atoms. The number of rotatable bonds is 2. The molecule has 0 spiro atoms. The first-order valence-electron chi connectivity index (χ1n) is 10.7. The smallest absolute Gasteiger partial charge is 0.208 e. The standard InChI is InChI=1S/C23H26O7SSi/c1-22(29-7-8-30-22)23(28)6-5-11-13(10-23)19(26)15-16(17(11)24)20(27)21-12(18(15)25)9-14(31-21)32(2,3)4/h9,24,26,28H,5-8,10H2,1-4H3. The van der Waals surface area contributed by atoms with Gasteiger partial charge in [-0.15, -0.1) is 11.3 Å². The van der Waals surface area contributed by atoms with E-state index in [1.165, 1.54) is 11.3 Å². The van der Waals surface area contributed by atoms with Gasteiger partial charge in [0.15, 0.2) is 11.6 Å². The highest BCUT2D eigenvalue weighted by Gasteiger charge is 2.54. The molecule has 170 valence electrons. The first-order valence-corrected chi connectivity index (χ1v) is 15.0. The molecule has 3 N–H and O–H groups in total. The van der Waals surface area contributed by atoms with Crippen LogP contribution in [0.3, 0.4) is 0 Å². The third kappa shape index (κ3) is 2.81. The van der Waals surface area contributed by atoms with Gasteiger partial charge in [-0.05, 0) is 30.3 Å². The number of aliphatic hydroxyl groups is 1. The molecular weight excluding hydrogens is 448 g/mol. The van der Waals surface area contributed by atoms with E-state index >= 15 is 0 Å². The first kappa shape index (κ1) is 21.8. The maximum Gasteiger partial charge on any atom is 0.208 e. The summed E-state index contributed by atoms with van der Waals surface area (Å²) in [5.41, 5.74) is -0.830. The molecule has 2 aromatic rings. The quantitative estimate of drug-likeness (QED) is 0.386. The molecule has 1 atom stereocenters. The lowest BCUT2D eigenvalue weighted by Crippen LogP contribution is -2.56. The molecule has 32 heavy (non-hydrogen) atoms. The van der Waals surface area contributed by atoms with E-state index in [4.69, 9.17) is 9.47 Å². The van der Waals surface area contributed by atoms with Gasteiger partial charge in [-0.2, -0.15) is 0 Å². The fraction of sp³-hybridized carbons (Fsp3) is 0.478. The number of phenolic OH excluding ortho intramolecular Hbond substituents is 2. The van der Waals surface area contributed by atoms with Gasteiger partial charge in [0.2, 0.25) is 5.78 Å². The number of hydrogen-bond acceptors (Lipinski definition) is 8. The number of carbonyl (C=O) groups excluding carboxylic acids is 2. The lowest BCUT2D eigenvalue weighted by molar-refractivity contribution is -0.262.